The third-order valence-electron chi connectivity index (χ3n) is 2.54. The molecule has 0 amide bonds. The van der Waals surface area contributed by atoms with Gasteiger partial charge in [0.25, 0.3) is 0 Å². The van der Waals surface area contributed by atoms with Crippen molar-refractivity contribution in [1.29, 1.82) is 0 Å². The van der Waals surface area contributed by atoms with Crippen LogP contribution in [0.25, 0.3) is 0 Å². The average molecular weight is 264 g/mol. The number of carbonyl (C=O) groups excluding carboxylic acids is 1. The van der Waals surface area contributed by atoms with E-state index in [0.29, 0.717) is 12.5 Å². The lowest BCUT2D eigenvalue weighted by atomic mass is 10.0. The Bertz CT molecular complexity index is 399. The first-order valence-electron chi connectivity index (χ1n) is 6.72. The van der Waals surface area contributed by atoms with Gasteiger partial charge in [-0.05, 0) is 44.4 Å². The first-order chi connectivity index (χ1) is 8.78. The molecule has 0 aromatic heterocycles. The number of hydrogen-bond donors (Lipinski definition) is 0. The molecule has 0 atom stereocenters. The summed E-state index contributed by atoms with van der Waals surface area (Å²) in [6, 6.07) is 7.97. The second-order valence-corrected chi connectivity index (χ2v) is 5.91. The number of hydrogen-bond acceptors (Lipinski definition) is 3. The second kappa shape index (κ2) is 6.60. The molecule has 0 spiro atoms. The van der Waals surface area contributed by atoms with Gasteiger partial charge in [0.15, 0.2) is 0 Å². The molecule has 1 aromatic rings. The molecule has 0 saturated carbocycles. The molecule has 0 aliphatic carbocycles. The van der Waals surface area contributed by atoms with Gasteiger partial charge in [0.2, 0.25) is 0 Å². The van der Waals surface area contributed by atoms with E-state index < -0.39 is 5.60 Å². The minimum Gasteiger partial charge on any atom is -0.493 e. The largest absolute Gasteiger partial charge is 0.493 e. The van der Waals surface area contributed by atoms with Crippen LogP contribution in [0.4, 0.5) is 0 Å². The number of rotatable bonds is 5. The summed E-state index contributed by atoms with van der Waals surface area (Å²) >= 11 is 0. The van der Waals surface area contributed by atoms with Crippen LogP contribution in [0.1, 0.15) is 52.5 Å². The summed E-state index contributed by atoms with van der Waals surface area (Å²) in [7, 11) is 0. The van der Waals surface area contributed by atoms with E-state index in [9.17, 15) is 4.79 Å². The van der Waals surface area contributed by atoms with Crippen molar-refractivity contribution in [3.63, 3.8) is 0 Å². The van der Waals surface area contributed by atoms with Gasteiger partial charge in [0.05, 0.1) is 13.0 Å². The Morgan fingerprint density at radius 2 is 1.74 bits per heavy atom. The van der Waals surface area contributed by atoms with Gasteiger partial charge in [-0.15, -0.1) is 0 Å². The zero-order chi connectivity index (χ0) is 14.5. The SMILES string of the molecule is CC(C)c1ccc(OCCC(=O)OC(C)(C)C)cc1. The zero-order valence-corrected chi connectivity index (χ0v) is 12.5. The molecule has 0 saturated heterocycles. The van der Waals surface area contributed by atoms with Crippen molar-refractivity contribution in [2.24, 2.45) is 0 Å². The first-order valence-corrected chi connectivity index (χ1v) is 6.72. The normalized spacial score (nSPS) is 11.5. The number of benzene rings is 1. The van der Waals surface area contributed by atoms with Crippen molar-refractivity contribution in [3.8, 4) is 5.75 Å². The van der Waals surface area contributed by atoms with Gasteiger partial charge < -0.3 is 9.47 Å². The Morgan fingerprint density at radius 1 is 1.16 bits per heavy atom. The van der Waals surface area contributed by atoms with E-state index in [-0.39, 0.29) is 12.4 Å². The topological polar surface area (TPSA) is 35.5 Å². The Balaban J connectivity index is 2.35. The molecule has 1 rings (SSSR count). The van der Waals surface area contributed by atoms with Gasteiger partial charge in [0, 0.05) is 0 Å². The molecule has 0 heterocycles. The van der Waals surface area contributed by atoms with Gasteiger partial charge in [0.1, 0.15) is 11.4 Å². The minimum absolute atomic E-state index is 0.230. The third-order valence-corrected chi connectivity index (χ3v) is 2.54. The van der Waals surface area contributed by atoms with Crippen molar-refractivity contribution in [3.05, 3.63) is 29.8 Å². The highest BCUT2D eigenvalue weighted by Crippen LogP contribution is 2.18. The molecule has 0 fully saturated rings. The molecule has 0 N–H and O–H groups in total. The van der Waals surface area contributed by atoms with Crippen molar-refractivity contribution in [2.75, 3.05) is 6.61 Å². The fraction of sp³-hybridized carbons (Fsp3) is 0.562. The molecule has 0 radical (unpaired) electrons. The molecule has 106 valence electrons. The van der Waals surface area contributed by atoms with Gasteiger partial charge in [-0.3, -0.25) is 4.79 Å². The molecule has 19 heavy (non-hydrogen) atoms. The molecule has 1 aromatic carbocycles. The fourth-order valence-electron chi connectivity index (χ4n) is 1.59. The Hall–Kier alpha value is -1.51. The Morgan fingerprint density at radius 3 is 2.21 bits per heavy atom. The smallest absolute Gasteiger partial charge is 0.309 e. The number of esters is 1. The molecular weight excluding hydrogens is 240 g/mol. The van der Waals surface area contributed by atoms with Crippen LogP contribution in [0.2, 0.25) is 0 Å². The van der Waals surface area contributed by atoms with E-state index in [4.69, 9.17) is 9.47 Å². The van der Waals surface area contributed by atoms with Crippen molar-refractivity contribution < 1.29 is 14.3 Å². The van der Waals surface area contributed by atoms with E-state index in [1.165, 1.54) is 5.56 Å². The van der Waals surface area contributed by atoms with Gasteiger partial charge >= 0.3 is 5.97 Å². The summed E-state index contributed by atoms with van der Waals surface area (Å²) in [4.78, 5) is 11.5. The summed E-state index contributed by atoms with van der Waals surface area (Å²) in [5.41, 5.74) is 0.843. The predicted molar refractivity (Wildman–Crippen MR) is 76.5 cm³/mol. The van der Waals surface area contributed by atoms with Crippen LogP contribution >= 0.6 is 0 Å². The fourth-order valence-corrected chi connectivity index (χ4v) is 1.59. The van der Waals surface area contributed by atoms with Gasteiger partial charge in [-0.25, -0.2) is 0 Å². The molecule has 3 heteroatoms. The molecule has 0 aliphatic heterocycles. The van der Waals surface area contributed by atoms with Crippen LogP contribution in [0.3, 0.4) is 0 Å². The first kappa shape index (κ1) is 15.5. The summed E-state index contributed by atoms with van der Waals surface area (Å²) in [5, 5.41) is 0. The van der Waals surface area contributed by atoms with Crippen molar-refractivity contribution in [1.82, 2.24) is 0 Å². The van der Waals surface area contributed by atoms with Crippen LogP contribution in [0.15, 0.2) is 24.3 Å². The lowest BCUT2D eigenvalue weighted by Gasteiger charge is -2.19. The van der Waals surface area contributed by atoms with E-state index in [0.717, 1.165) is 5.75 Å². The van der Waals surface area contributed by atoms with Gasteiger partial charge in [-0.2, -0.15) is 0 Å². The van der Waals surface area contributed by atoms with Crippen LogP contribution in [0.5, 0.6) is 5.75 Å². The summed E-state index contributed by atoms with van der Waals surface area (Å²) in [6.07, 6.45) is 0.267. The standard InChI is InChI=1S/C16H24O3/c1-12(2)13-6-8-14(9-7-13)18-11-10-15(17)19-16(3,4)5/h6-9,12H,10-11H2,1-5H3. The molecule has 0 unspecified atom stereocenters. The quantitative estimate of drug-likeness (QED) is 0.756. The highest BCUT2D eigenvalue weighted by Gasteiger charge is 2.15. The van der Waals surface area contributed by atoms with Crippen LogP contribution in [-0.4, -0.2) is 18.2 Å². The minimum atomic E-state index is -0.435. The second-order valence-electron chi connectivity index (χ2n) is 5.91. The number of ether oxygens (including phenoxy) is 2. The molecule has 0 bridgehead atoms. The third kappa shape index (κ3) is 6.27. The van der Waals surface area contributed by atoms with Crippen molar-refractivity contribution >= 4 is 5.97 Å². The van der Waals surface area contributed by atoms with Crippen LogP contribution < -0.4 is 4.74 Å². The summed E-state index contributed by atoms with van der Waals surface area (Å²) in [5.74, 6) is 1.06. The lowest BCUT2D eigenvalue weighted by molar-refractivity contribution is -0.155. The summed E-state index contributed by atoms with van der Waals surface area (Å²) < 4.78 is 10.7. The van der Waals surface area contributed by atoms with Gasteiger partial charge in [-0.1, -0.05) is 26.0 Å². The average Bonchev–Trinajstić information content (AvgIpc) is 2.27. The van der Waals surface area contributed by atoms with E-state index in [2.05, 4.69) is 13.8 Å². The molecular formula is C16H24O3. The molecule has 0 aliphatic rings. The van der Waals surface area contributed by atoms with Crippen LogP contribution in [0, 0.1) is 0 Å². The highest BCUT2D eigenvalue weighted by atomic mass is 16.6. The number of carbonyl (C=O) groups is 1. The maximum absolute atomic E-state index is 11.5. The Labute approximate surface area is 115 Å². The van der Waals surface area contributed by atoms with Crippen LogP contribution in [-0.2, 0) is 9.53 Å². The monoisotopic (exact) mass is 264 g/mol. The maximum Gasteiger partial charge on any atom is 0.309 e. The summed E-state index contributed by atoms with van der Waals surface area (Å²) in [6.45, 7) is 10.2. The maximum atomic E-state index is 11.5. The lowest BCUT2D eigenvalue weighted by Crippen LogP contribution is -2.24. The molecule has 3 nitrogen and oxygen atoms in total. The van der Waals surface area contributed by atoms with Crippen molar-refractivity contribution in [2.45, 2.75) is 52.6 Å². The zero-order valence-electron chi connectivity index (χ0n) is 12.5. The Kier molecular flexibility index (Phi) is 5.40. The highest BCUT2D eigenvalue weighted by molar-refractivity contribution is 5.69. The van der Waals surface area contributed by atoms with E-state index in [1.54, 1.807) is 0 Å². The van der Waals surface area contributed by atoms with E-state index >= 15 is 0 Å². The van der Waals surface area contributed by atoms with E-state index in [1.807, 2.05) is 45.0 Å². The predicted octanol–water partition coefficient (Wildman–Crippen LogP) is 3.92.